The topological polar surface area (TPSA) is 78.6 Å². The normalized spacial score (nSPS) is 12.1. The molecule has 5 nitrogen and oxygen atoms in total. The van der Waals surface area contributed by atoms with Crippen LogP contribution in [0.1, 0.15) is 19.4 Å². The molecule has 1 aromatic carbocycles. The first kappa shape index (κ1) is 14.8. The number of primary amides is 1. The van der Waals surface area contributed by atoms with E-state index in [1.54, 1.807) is 18.2 Å². The molecule has 1 amide bonds. The standard InChI is InChI=1S/C14H17NO4/c1-3-18-12-7-4-11(5-8-12)6-9-13(16)19-10(2)14(15)17/h4-10H,3H2,1-2H3,(H2,15,17)/b9-6+/t10-/m1/s1. The van der Waals surface area contributed by atoms with E-state index in [1.807, 2.05) is 19.1 Å². The van der Waals surface area contributed by atoms with Gasteiger partial charge in [-0.2, -0.15) is 0 Å². The molecule has 0 saturated carbocycles. The number of nitrogens with two attached hydrogens (primary N) is 1. The first-order valence-electron chi connectivity index (χ1n) is 5.93. The van der Waals surface area contributed by atoms with Gasteiger partial charge in [0.05, 0.1) is 6.61 Å². The highest BCUT2D eigenvalue weighted by atomic mass is 16.5. The van der Waals surface area contributed by atoms with Gasteiger partial charge >= 0.3 is 5.97 Å². The van der Waals surface area contributed by atoms with Gasteiger partial charge < -0.3 is 15.2 Å². The minimum Gasteiger partial charge on any atom is -0.494 e. The number of benzene rings is 1. The molecule has 0 bridgehead atoms. The van der Waals surface area contributed by atoms with E-state index in [4.69, 9.17) is 15.2 Å². The molecule has 102 valence electrons. The van der Waals surface area contributed by atoms with Crippen molar-refractivity contribution < 1.29 is 19.1 Å². The molecule has 0 fully saturated rings. The fraction of sp³-hybridized carbons (Fsp3) is 0.286. The lowest BCUT2D eigenvalue weighted by atomic mass is 10.2. The van der Waals surface area contributed by atoms with Crippen LogP contribution in [0.2, 0.25) is 0 Å². The van der Waals surface area contributed by atoms with E-state index in [9.17, 15) is 9.59 Å². The summed E-state index contributed by atoms with van der Waals surface area (Å²) in [5, 5.41) is 0. The van der Waals surface area contributed by atoms with E-state index in [-0.39, 0.29) is 0 Å². The summed E-state index contributed by atoms with van der Waals surface area (Å²) in [5.41, 5.74) is 5.81. The molecule has 0 aliphatic carbocycles. The van der Waals surface area contributed by atoms with Crippen LogP contribution in [-0.2, 0) is 14.3 Å². The van der Waals surface area contributed by atoms with Crippen molar-refractivity contribution in [2.24, 2.45) is 5.73 Å². The Labute approximate surface area is 112 Å². The molecular formula is C14H17NO4. The van der Waals surface area contributed by atoms with Crippen LogP contribution in [-0.4, -0.2) is 24.6 Å². The van der Waals surface area contributed by atoms with Gasteiger partial charge in [0.25, 0.3) is 5.91 Å². The lowest BCUT2D eigenvalue weighted by Crippen LogP contribution is -2.29. The minimum atomic E-state index is -0.933. The van der Waals surface area contributed by atoms with Crippen LogP contribution < -0.4 is 10.5 Å². The Kier molecular flexibility index (Phi) is 5.60. The van der Waals surface area contributed by atoms with Crippen LogP contribution in [0, 0.1) is 0 Å². The predicted octanol–water partition coefficient (Wildman–Crippen LogP) is 1.52. The second kappa shape index (κ2) is 7.20. The van der Waals surface area contributed by atoms with Gasteiger partial charge in [0.1, 0.15) is 5.75 Å². The molecule has 1 aromatic rings. The molecule has 19 heavy (non-hydrogen) atoms. The number of ether oxygens (including phenoxy) is 2. The lowest BCUT2D eigenvalue weighted by Gasteiger charge is -2.06. The van der Waals surface area contributed by atoms with Gasteiger partial charge in [-0.3, -0.25) is 4.79 Å². The van der Waals surface area contributed by atoms with E-state index >= 15 is 0 Å². The molecule has 0 spiro atoms. The molecule has 1 rings (SSSR count). The van der Waals surface area contributed by atoms with Gasteiger partial charge in [-0.05, 0) is 37.6 Å². The summed E-state index contributed by atoms with van der Waals surface area (Å²) < 4.78 is 10.1. The van der Waals surface area contributed by atoms with Crippen LogP contribution in [0.25, 0.3) is 6.08 Å². The summed E-state index contributed by atoms with van der Waals surface area (Å²) in [5.74, 6) is -0.521. The highest BCUT2D eigenvalue weighted by Gasteiger charge is 2.11. The van der Waals surface area contributed by atoms with E-state index < -0.39 is 18.0 Å². The zero-order valence-corrected chi connectivity index (χ0v) is 11.0. The quantitative estimate of drug-likeness (QED) is 0.623. The summed E-state index contributed by atoms with van der Waals surface area (Å²) in [6.07, 6.45) is 1.90. The van der Waals surface area contributed by atoms with E-state index in [2.05, 4.69) is 0 Å². The third-order valence-electron chi connectivity index (χ3n) is 2.30. The van der Waals surface area contributed by atoms with Crippen molar-refractivity contribution in [2.45, 2.75) is 20.0 Å². The maximum atomic E-state index is 11.4. The zero-order chi connectivity index (χ0) is 14.3. The Morgan fingerprint density at radius 3 is 2.47 bits per heavy atom. The van der Waals surface area contributed by atoms with Gasteiger partial charge in [-0.15, -0.1) is 0 Å². The highest BCUT2D eigenvalue weighted by Crippen LogP contribution is 2.13. The first-order valence-corrected chi connectivity index (χ1v) is 5.93. The number of carbonyl (C=O) groups is 2. The van der Waals surface area contributed by atoms with Gasteiger partial charge in [0.15, 0.2) is 6.10 Å². The highest BCUT2D eigenvalue weighted by molar-refractivity contribution is 5.89. The summed E-state index contributed by atoms with van der Waals surface area (Å²) in [6, 6.07) is 7.24. The fourth-order valence-corrected chi connectivity index (χ4v) is 1.28. The molecule has 1 atom stereocenters. The van der Waals surface area contributed by atoms with Gasteiger partial charge in [-0.1, -0.05) is 12.1 Å². The first-order chi connectivity index (χ1) is 9.02. The van der Waals surface area contributed by atoms with Crippen molar-refractivity contribution in [1.29, 1.82) is 0 Å². The van der Waals surface area contributed by atoms with E-state index in [1.165, 1.54) is 13.0 Å². The average Bonchev–Trinajstić information content (AvgIpc) is 2.38. The van der Waals surface area contributed by atoms with Crippen molar-refractivity contribution in [3.05, 3.63) is 35.9 Å². The fourth-order valence-electron chi connectivity index (χ4n) is 1.28. The Balaban J connectivity index is 2.56. The third kappa shape index (κ3) is 5.25. The number of esters is 1. The monoisotopic (exact) mass is 263 g/mol. The lowest BCUT2D eigenvalue weighted by molar-refractivity contribution is -0.148. The van der Waals surface area contributed by atoms with Crippen molar-refractivity contribution in [3.63, 3.8) is 0 Å². The van der Waals surface area contributed by atoms with Crippen molar-refractivity contribution in [2.75, 3.05) is 6.61 Å². The van der Waals surface area contributed by atoms with E-state index in [0.29, 0.717) is 6.61 Å². The molecule has 0 radical (unpaired) electrons. The third-order valence-corrected chi connectivity index (χ3v) is 2.30. The number of carbonyl (C=O) groups excluding carboxylic acids is 2. The minimum absolute atomic E-state index is 0.604. The van der Waals surface area contributed by atoms with Gasteiger partial charge in [0, 0.05) is 6.08 Å². The summed E-state index contributed by atoms with van der Waals surface area (Å²) in [7, 11) is 0. The molecule has 0 unspecified atom stereocenters. The molecule has 0 aliphatic rings. The summed E-state index contributed by atoms with van der Waals surface area (Å²) >= 11 is 0. The van der Waals surface area contributed by atoms with Gasteiger partial charge in [0.2, 0.25) is 0 Å². The van der Waals surface area contributed by atoms with Crippen LogP contribution in [0.4, 0.5) is 0 Å². The number of rotatable bonds is 6. The van der Waals surface area contributed by atoms with Crippen molar-refractivity contribution >= 4 is 18.0 Å². The maximum Gasteiger partial charge on any atom is 0.331 e. The smallest absolute Gasteiger partial charge is 0.331 e. The Morgan fingerprint density at radius 2 is 1.95 bits per heavy atom. The molecule has 0 saturated heterocycles. The van der Waals surface area contributed by atoms with Crippen LogP contribution >= 0.6 is 0 Å². The molecule has 5 heteroatoms. The van der Waals surface area contributed by atoms with Crippen molar-refractivity contribution in [1.82, 2.24) is 0 Å². The molecular weight excluding hydrogens is 246 g/mol. The van der Waals surface area contributed by atoms with Crippen LogP contribution in [0.3, 0.4) is 0 Å². The molecule has 2 N–H and O–H groups in total. The number of hydrogen-bond acceptors (Lipinski definition) is 4. The van der Waals surface area contributed by atoms with Gasteiger partial charge in [-0.25, -0.2) is 4.79 Å². The second-order valence-corrected chi connectivity index (χ2v) is 3.82. The Bertz CT molecular complexity index is 465. The summed E-state index contributed by atoms with van der Waals surface area (Å²) in [6.45, 7) is 3.93. The largest absolute Gasteiger partial charge is 0.494 e. The maximum absolute atomic E-state index is 11.4. The van der Waals surface area contributed by atoms with E-state index in [0.717, 1.165) is 11.3 Å². The zero-order valence-electron chi connectivity index (χ0n) is 11.0. The van der Waals surface area contributed by atoms with Crippen molar-refractivity contribution in [3.8, 4) is 5.75 Å². The Morgan fingerprint density at radius 1 is 1.32 bits per heavy atom. The SMILES string of the molecule is CCOc1ccc(/C=C/C(=O)O[C@H](C)C(N)=O)cc1. The average molecular weight is 263 g/mol. The second-order valence-electron chi connectivity index (χ2n) is 3.82. The number of amides is 1. The molecule has 0 heterocycles. The van der Waals surface area contributed by atoms with Crippen LogP contribution in [0.15, 0.2) is 30.3 Å². The Hall–Kier alpha value is -2.30. The molecule has 0 aromatic heterocycles. The molecule has 0 aliphatic heterocycles. The number of hydrogen-bond donors (Lipinski definition) is 1. The van der Waals surface area contributed by atoms with Crippen LogP contribution in [0.5, 0.6) is 5.75 Å². The summed E-state index contributed by atoms with van der Waals surface area (Å²) in [4.78, 5) is 22.1. The predicted molar refractivity (Wildman–Crippen MR) is 71.4 cm³/mol.